The van der Waals surface area contributed by atoms with Crippen LogP contribution in [0.4, 0.5) is 0 Å². The molecule has 0 saturated heterocycles. The highest BCUT2D eigenvalue weighted by atomic mass is 32.1. The van der Waals surface area contributed by atoms with Crippen molar-refractivity contribution in [2.24, 2.45) is 0 Å². The Morgan fingerprint density at radius 3 is 2.52 bits per heavy atom. The third kappa shape index (κ3) is 3.98. The predicted octanol–water partition coefficient (Wildman–Crippen LogP) is 4.08. The number of thiophene rings is 1. The molecule has 2 aromatic heterocycles. The van der Waals surface area contributed by atoms with Gasteiger partial charge in [0.1, 0.15) is 22.8 Å². The smallest absolute Gasteiger partial charge is 0.271 e. The summed E-state index contributed by atoms with van der Waals surface area (Å²) in [4.78, 5) is 18.2. The van der Waals surface area contributed by atoms with E-state index in [9.17, 15) is 4.79 Å². The van der Waals surface area contributed by atoms with Gasteiger partial charge >= 0.3 is 0 Å². The maximum Gasteiger partial charge on any atom is 0.271 e. The molecule has 0 radical (unpaired) electrons. The van der Waals surface area contributed by atoms with Crippen LogP contribution in [0.25, 0.3) is 20.7 Å². The summed E-state index contributed by atoms with van der Waals surface area (Å²) < 4.78 is 13.0. The van der Waals surface area contributed by atoms with Gasteiger partial charge in [-0.1, -0.05) is 0 Å². The van der Waals surface area contributed by atoms with Gasteiger partial charge in [0.2, 0.25) is 0 Å². The molecule has 0 atom stereocenters. The number of nitrogens with zero attached hydrogens (tertiary/aromatic N) is 3. The second kappa shape index (κ2) is 8.17. The number of rotatable bonds is 6. The molecule has 2 heterocycles. The van der Waals surface area contributed by atoms with Gasteiger partial charge < -0.3 is 9.47 Å². The third-order valence-electron chi connectivity index (χ3n) is 4.46. The van der Waals surface area contributed by atoms with Crippen molar-refractivity contribution in [1.82, 2.24) is 9.55 Å². The van der Waals surface area contributed by atoms with Crippen LogP contribution in [-0.2, 0) is 6.54 Å². The molecule has 144 valence electrons. The Morgan fingerprint density at radius 1 is 1.10 bits per heavy atom. The van der Waals surface area contributed by atoms with Gasteiger partial charge in [0, 0.05) is 4.88 Å². The summed E-state index contributed by atoms with van der Waals surface area (Å²) in [5.74, 6) is 1.45. The van der Waals surface area contributed by atoms with Crippen molar-refractivity contribution in [2.45, 2.75) is 6.54 Å². The molecule has 0 saturated carbocycles. The number of aromatic nitrogens is 2. The lowest BCUT2D eigenvalue weighted by Crippen LogP contribution is -2.22. The SMILES string of the molecule is COc1ccc(-c2cc3ncn(CCOc4ccc(C#N)cc4)c(=O)c3s2)cc1. The lowest BCUT2D eigenvalue weighted by Gasteiger charge is -2.07. The molecule has 4 rings (SSSR count). The van der Waals surface area contributed by atoms with Gasteiger partial charge in [0.05, 0.1) is 37.1 Å². The highest BCUT2D eigenvalue weighted by molar-refractivity contribution is 7.22. The molecule has 0 bridgehead atoms. The Morgan fingerprint density at radius 2 is 1.83 bits per heavy atom. The molecule has 0 aliphatic carbocycles. The van der Waals surface area contributed by atoms with E-state index in [0.29, 0.717) is 34.7 Å². The Kier molecular flexibility index (Phi) is 5.27. The van der Waals surface area contributed by atoms with E-state index < -0.39 is 0 Å². The third-order valence-corrected chi connectivity index (χ3v) is 5.62. The molecule has 29 heavy (non-hydrogen) atoms. The van der Waals surface area contributed by atoms with Crippen LogP contribution in [0.15, 0.2) is 65.7 Å². The molecule has 0 fully saturated rings. The summed E-state index contributed by atoms with van der Waals surface area (Å²) in [6.07, 6.45) is 1.55. The van der Waals surface area contributed by atoms with Crippen LogP contribution >= 0.6 is 11.3 Å². The van der Waals surface area contributed by atoms with Crippen LogP contribution in [0.1, 0.15) is 5.56 Å². The van der Waals surface area contributed by atoms with Crippen LogP contribution in [-0.4, -0.2) is 23.3 Å². The van der Waals surface area contributed by atoms with Crippen molar-refractivity contribution in [1.29, 1.82) is 5.26 Å². The van der Waals surface area contributed by atoms with E-state index in [1.165, 1.54) is 11.3 Å². The van der Waals surface area contributed by atoms with Crippen molar-refractivity contribution < 1.29 is 9.47 Å². The first kappa shape index (κ1) is 18.7. The van der Waals surface area contributed by atoms with Crippen molar-refractivity contribution in [3.63, 3.8) is 0 Å². The first-order valence-corrected chi connectivity index (χ1v) is 9.76. The molecule has 4 aromatic rings. The quantitative estimate of drug-likeness (QED) is 0.485. The standard InChI is InChI=1S/C22H17N3O3S/c1-27-17-8-4-16(5-9-17)20-12-19-21(29-20)22(26)25(14-24-19)10-11-28-18-6-2-15(13-23)3-7-18/h2-9,12,14H,10-11H2,1H3. The summed E-state index contributed by atoms with van der Waals surface area (Å²) in [6.45, 7) is 0.716. The van der Waals surface area contributed by atoms with Crippen molar-refractivity contribution >= 4 is 21.6 Å². The number of hydrogen-bond donors (Lipinski definition) is 0. The van der Waals surface area contributed by atoms with Gasteiger partial charge in [-0.15, -0.1) is 11.3 Å². The second-order valence-corrected chi connectivity index (χ2v) is 7.33. The van der Waals surface area contributed by atoms with Crippen molar-refractivity contribution in [2.75, 3.05) is 13.7 Å². The lowest BCUT2D eigenvalue weighted by molar-refractivity contribution is 0.296. The summed E-state index contributed by atoms with van der Waals surface area (Å²) >= 11 is 1.43. The highest BCUT2D eigenvalue weighted by Gasteiger charge is 2.11. The first-order valence-electron chi connectivity index (χ1n) is 8.94. The van der Waals surface area contributed by atoms with Gasteiger partial charge in [-0.2, -0.15) is 5.26 Å². The first-order chi connectivity index (χ1) is 14.2. The minimum absolute atomic E-state index is 0.0804. The van der Waals surface area contributed by atoms with E-state index in [0.717, 1.165) is 16.2 Å². The van der Waals surface area contributed by atoms with Crippen LogP contribution in [0.3, 0.4) is 0 Å². The van der Waals surface area contributed by atoms with E-state index in [-0.39, 0.29) is 5.56 Å². The Bertz CT molecular complexity index is 1240. The number of fused-ring (bicyclic) bond motifs is 1. The maximum atomic E-state index is 12.8. The Balaban J connectivity index is 1.51. The molecule has 0 spiro atoms. The molecule has 0 aliphatic rings. The van der Waals surface area contributed by atoms with Crippen LogP contribution in [0.2, 0.25) is 0 Å². The van der Waals surface area contributed by atoms with Crippen molar-refractivity contribution in [3.05, 3.63) is 76.8 Å². The fourth-order valence-electron chi connectivity index (χ4n) is 2.89. The van der Waals surface area contributed by atoms with E-state index in [2.05, 4.69) is 11.1 Å². The summed E-state index contributed by atoms with van der Waals surface area (Å²) in [5, 5.41) is 8.83. The predicted molar refractivity (Wildman–Crippen MR) is 113 cm³/mol. The molecular weight excluding hydrogens is 386 g/mol. The minimum atomic E-state index is -0.0804. The Labute approximate surface area is 171 Å². The largest absolute Gasteiger partial charge is 0.497 e. The molecule has 0 amide bonds. The molecule has 2 aromatic carbocycles. The number of ether oxygens (including phenoxy) is 2. The zero-order valence-electron chi connectivity index (χ0n) is 15.7. The fraction of sp³-hybridized carbons (Fsp3) is 0.136. The normalized spacial score (nSPS) is 10.6. The minimum Gasteiger partial charge on any atom is -0.497 e. The number of hydrogen-bond acceptors (Lipinski definition) is 6. The lowest BCUT2D eigenvalue weighted by atomic mass is 10.2. The number of methoxy groups -OCH3 is 1. The van der Waals surface area contributed by atoms with E-state index in [1.54, 1.807) is 42.3 Å². The van der Waals surface area contributed by atoms with E-state index >= 15 is 0 Å². The average molecular weight is 403 g/mol. The monoisotopic (exact) mass is 403 g/mol. The summed E-state index contributed by atoms with van der Waals surface area (Å²) in [6, 6.07) is 18.6. The van der Waals surface area contributed by atoms with Gasteiger partial charge in [-0.3, -0.25) is 9.36 Å². The van der Waals surface area contributed by atoms with Gasteiger partial charge in [-0.25, -0.2) is 4.98 Å². The molecule has 0 N–H and O–H groups in total. The summed E-state index contributed by atoms with van der Waals surface area (Å²) in [7, 11) is 1.63. The Hall–Kier alpha value is -3.63. The van der Waals surface area contributed by atoms with Crippen molar-refractivity contribution in [3.8, 4) is 28.0 Å². The van der Waals surface area contributed by atoms with E-state index in [4.69, 9.17) is 14.7 Å². The molecule has 6 nitrogen and oxygen atoms in total. The number of nitriles is 1. The zero-order valence-corrected chi connectivity index (χ0v) is 16.5. The van der Waals surface area contributed by atoms with E-state index in [1.807, 2.05) is 30.3 Å². The molecule has 7 heteroatoms. The van der Waals surface area contributed by atoms with Gasteiger partial charge in [0.25, 0.3) is 5.56 Å². The number of benzene rings is 2. The molecule has 0 aliphatic heterocycles. The highest BCUT2D eigenvalue weighted by Crippen LogP contribution is 2.31. The molecular formula is C22H17N3O3S. The topological polar surface area (TPSA) is 77.1 Å². The summed E-state index contributed by atoms with van der Waals surface area (Å²) in [5.41, 5.74) is 2.20. The van der Waals surface area contributed by atoms with Crippen LogP contribution in [0.5, 0.6) is 11.5 Å². The van der Waals surface area contributed by atoms with Crippen LogP contribution in [0, 0.1) is 11.3 Å². The molecule has 0 unspecified atom stereocenters. The average Bonchev–Trinajstić information content (AvgIpc) is 3.21. The van der Waals surface area contributed by atoms with Gasteiger partial charge in [-0.05, 0) is 60.2 Å². The maximum absolute atomic E-state index is 12.8. The fourth-order valence-corrected chi connectivity index (χ4v) is 3.95. The zero-order chi connectivity index (χ0) is 20.2. The van der Waals surface area contributed by atoms with Gasteiger partial charge in [0.15, 0.2) is 0 Å². The second-order valence-electron chi connectivity index (χ2n) is 6.28. The van der Waals surface area contributed by atoms with Crippen LogP contribution < -0.4 is 15.0 Å².